The van der Waals surface area contributed by atoms with E-state index >= 15 is 0 Å². The van der Waals surface area contributed by atoms with Gasteiger partial charge in [0.25, 0.3) is 0 Å². The van der Waals surface area contributed by atoms with Crippen LogP contribution in [0.4, 0.5) is 34.1 Å². The fraction of sp³-hybridized carbons (Fsp3) is 0.0811. The molecular weight excluding hydrogens is 529 g/mol. The third-order valence-corrected chi connectivity index (χ3v) is 13.5. The lowest BCUT2D eigenvalue weighted by Crippen LogP contribution is -2.78. The van der Waals surface area contributed by atoms with Crippen molar-refractivity contribution in [2.24, 2.45) is 0 Å². The van der Waals surface area contributed by atoms with Gasteiger partial charge in [0.1, 0.15) is 0 Å². The molecule has 1 aliphatic carbocycles. The first-order valence-corrected chi connectivity index (χ1v) is 16.4. The van der Waals surface area contributed by atoms with E-state index in [-0.39, 0.29) is 5.54 Å². The van der Waals surface area contributed by atoms with Crippen LogP contribution in [0.25, 0.3) is 0 Å². The van der Waals surface area contributed by atoms with Crippen LogP contribution in [0, 0.1) is 0 Å². The molecule has 8 rings (SSSR count). The maximum atomic E-state index is 2.79. The smallest absolute Gasteiger partial charge is 0.335 e. The summed E-state index contributed by atoms with van der Waals surface area (Å²) in [5.41, 5.74) is 8.27. The normalized spacial score (nSPS) is 20.1. The van der Waals surface area contributed by atoms with E-state index in [2.05, 4.69) is 189 Å². The Morgan fingerprint density at radius 1 is 0.500 bits per heavy atom. The average Bonchev–Trinajstić information content (AvgIpc) is 3.47. The van der Waals surface area contributed by atoms with Crippen LogP contribution >= 0.6 is 0 Å². The van der Waals surface area contributed by atoms with Crippen LogP contribution in [0.2, 0.25) is 0 Å². The Kier molecular flexibility index (Phi) is 5.62. The number of hydrogen-bond donors (Lipinski definition) is 0. The first kappa shape index (κ1) is 24.8. The molecule has 42 heavy (non-hydrogen) atoms. The number of allylic oxidation sites excluding steroid dienone is 2. The average molecular weight is 561 g/mol. The summed E-state index contributed by atoms with van der Waals surface area (Å²) < 4.78 is 10.9. The first-order valence-electron chi connectivity index (χ1n) is 14.6. The number of fused-ring (bicyclic) bond motifs is 2. The highest BCUT2D eigenvalue weighted by Gasteiger charge is 2.74. The van der Waals surface area contributed by atoms with Crippen molar-refractivity contribution in [1.82, 2.24) is 0 Å². The van der Waals surface area contributed by atoms with Gasteiger partial charge in [-0.2, -0.15) is 0 Å². The maximum Gasteiger partial charge on any atom is 0.517 e. The number of hydrogen-bond acceptors (Lipinski definition) is 4. The Morgan fingerprint density at radius 2 is 0.905 bits per heavy atom. The topological polar surface area (TPSA) is 13.0 Å². The second kappa shape index (κ2) is 9.54. The predicted molar refractivity (Wildman–Crippen MR) is 177 cm³/mol. The standard InChI is InChI=1S/C37H32N4Si/c1-37-29-17-16-28-36(37)40(32-22-10-4-11-23-32)42(41(37)33-24-12-5-13-25-33)38(30-18-6-2-7-19-30)34-26-14-15-27-35(34)39(42)31-20-8-3-9-21-31/h2-28H,29H2,1H3. The number of rotatable bonds is 4. The summed E-state index contributed by atoms with van der Waals surface area (Å²) in [4.78, 5) is 0. The molecule has 0 aromatic heterocycles. The molecule has 5 aromatic rings. The lowest BCUT2D eigenvalue weighted by atomic mass is 9.89. The van der Waals surface area contributed by atoms with Gasteiger partial charge in [-0.05, 0) is 80.1 Å². The van der Waals surface area contributed by atoms with E-state index < -0.39 is 8.72 Å². The third-order valence-electron chi connectivity index (χ3n) is 8.81. The molecule has 1 fully saturated rings. The van der Waals surface area contributed by atoms with Crippen LogP contribution < -0.4 is 18.3 Å². The van der Waals surface area contributed by atoms with Crippen LogP contribution in [-0.4, -0.2) is 14.3 Å². The summed E-state index contributed by atoms with van der Waals surface area (Å²) in [5, 5.41) is 0. The molecule has 0 amide bonds. The van der Waals surface area contributed by atoms with E-state index in [1.807, 2.05) is 0 Å². The molecule has 1 unspecified atom stereocenters. The van der Waals surface area contributed by atoms with Gasteiger partial charge in [-0.3, -0.25) is 0 Å². The van der Waals surface area contributed by atoms with Gasteiger partial charge in [-0.25, -0.2) is 0 Å². The van der Waals surface area contributed by atoms with E-state index in [4.69, 9.17) is 0 Å². The molecule has 0 saturated carbocycles. The van der Waals surface area contributed by atoms with Crippen molar-refractivity contribution in [3.8, 4) is 0 Å². The van der Waals surface area contributed by atoms with E-state index in [1.165, 1.54) is 39.8 Å². The second-order valence-electron chi connectivity index (χ2n) is 11.2. The number of para-hydroxylation sites is 6. The lowest BCUT2D eigenvalue weighted by molar-refractivity contribution is 0.568. The highest BCUT2D eigenvalue weighted by Crippen LogP contribution is 2.61. The molecule has 3 aliphatic rings. The minimum Gasteiger partial charge on any atom is -0.335 e. The Balaban J connectivity index is 1.57. The van der Waals surface area contributed by atoms with Gasteiger partial charge in [0.05, 0.1) is 16.9 Å². The van der Waals surface area contributed by atoms with E-state index in [0.29, 0.717) is 0 Å². The summed E-state index contributed by atoms with van der Waals surface area (Å²) in [6.45, 7) is 2.43. The Labute approximate surface area is 249 Å². The van der Waals surface area contributed by atoms with Gasteiger partial charge >= 0.3 is 8.72 Å². The molecule has 2 aliphatic heterocycles. The zero-order valence-electron chi connectivity index (χ0n) is 23.6. The monoisotopic (exact) mass is 560 g/mol. The van der Waals surface area contributed by atoms with E-state index in [0.717, 1.165) is 6.42 Å². The summed E-state index contributed by atoms with van der Waals surface area (Å²) in [6, 6.07) is 52.9. The Bertz CT molecular complexity index is 1720. The number of nitrogens with zero attached hydrogens (tertiary/aromatic N) is 4. The molecular formula is C37H32N4Si. The summed E-state index contributed by atoms with van der Waals surface area (Å²) >= 11 is 0. The second-order valence-corrected chi connectivity index (χ2v) is 14.2. The Hall–Kier alpha value is -5.00. The van der Waals surface area contributed by atoms with Crippen molar-refractivity contribution in [2.75, 3.05) is 18.3 Å². The SMILES string of the molecule is CC12CC=CC=C1N(c1ccccc1)[Si]1(N(c3ccccc3)c3ccccc3N1c1ccccc1)N2c1ccccc1. The molecule has 4 nitrogen and oxygen atoms in total. The zero-order valence-corrected chi connectivity index (χ0v) is 24.6. The fourth-order valence-electron chi connectivity index (χ4n) is 7.22. The number of anilines is 6. The molecule has 5 aromatic carbocycles. The largest absolute Gasteiger partial charge is 0.517 e. The van der Waals surface area contributed by atoms with E-state index in [9.17, 15) is 0 Å². The zero-order chi connectivity index (χ0) is 28.1. The molecule has 0 radical (unpaired) electrons. The van der Waals surface area contributed by atoms with Crippen LogP contribution in [0.15, 0.2) is 170 Å². The predicted octanol–water partition coefficient (Wildman–Crippen LogP) is 9.04. The number of benzene rings is 5. The molecule has 1 atom stereocenters. The van der Waals surface area contributed by atoms with Crippen molar-refractivity contribution in [1.29, 1.82) is 0 Å². The molecule has 0 bridgehead atoms. The van der Waals surface area contributed by atoms with E-state index in [1.54, 1.807) is 0 Å². The minimum absolute atomic E-state index is 0.291. The van der Waals surface area contributed by atoms with Gasteiger partial charge in [-0.15, -0.1) is 0 Å². The van der Waals surface area contributed by atoms with Gasteiger partial charge in [0.15, 0.2) is 0 Å². The molecule has 1 saturated heterocycles. The van der Waals surface area contributed by atoms with Crippen LogP contribution in [0.5, 0.6) is 0 Å². The highest BCUT2D eigenvalue weighted by atomic mass is 28.4. The summed E-state index contributed by atoms with van der Waals surface area (Å²) in [7, 11) is -3.23. The lowest BCUT2D eigenvalue weighted by Gasteiger charge is -2.51. The summed E-state index contributed by atoms with van der Waals surface area (Å²) in [5.74, 6) is 0. The molecule has 2 heterocycles. The van der Waals surface area contributed by atoms with Gasteiger partial charge in [-0.1, -0.05) is 97.1 Å². The quantitative estimate of drug-likeness (QED) is 0.203. The van der Waals surface area contributed by atoms with Gasteiger partial charge in [0.2, 0.25) is 0 Å². The highest BCUT2D eigenvalue weighted by molar-refractivity contribution is 6.98. The van der Waals surface area contributed by atoms with Gasteiger partial charge < -0.3 is 18.3 Å². The molecule has 1 spiro atoms. The molecule has 204 valence electrons. The van der Waals surface area contributed by atoms with Crippen molar-refractivity contribution in [3.63, 3.8) is 0 Å². The first-order chi connectivity index (χ1) is 20.7. The van der Waals surface area contributed by atoms with Crippen molar-refractivity contribution < 1.29 is 0 Å². The van der Waals surface area contributed by atoms with Crippen molar-refractivity contribution in [3.05, 3.63) is 170 Å². The minimum atomic E-state index is -3.23. The van der Waals surface area contributed by atoms with Crippen LogP contribution in [0.3, 0.4) is 0 Å². The van der Waals surface area contributed by atoms with Crippen molar-refractivity contribution in [2.45, 2.75) is 18.9 Å². The molecule has 5 heteroatoms. The maximum absolute atomic E-state index is 3.23. The third kappa shape index (κ3) is 3.34. The van der Waals surface area contributed by atoms with Gasteiger partial charge in [0, 0.05) is 28.4 Å². The van der Waals surface area contributed by atoms with Crippen LogP contribution in [-0.2, 0) is 0 Å². The fourth-order valence-corrected chi connectivity index (χ4v) is 12.9. The van der Waals surface area contributed by atoms with Crippen LogP contribution in [0.1, 0.15) is 13.3 Å². The molecule has 0 N–H and O–H groups in total. The Morgan fingerprint density at radius 3 is 1.38 bits per heavy atom. The summed E-state index contributed by atoms with van der Waals surface area (Å²) in [6.07, 6.45) is 7.83. The van der Waals surface area contributed by atoms with Crippen molar-refractivity contribution >= 4 is 42.8 Å².